The molecular formula is C17H25N3O5. The van der Waals surface area contributed by atoms with Gasteiger partial charge in [0.1, 0.15) is 11.4 Å². The number of ether oxygens (including phenoxy) is 1. The van der Waals surface area contributed by atoms with E-state index >= 15 is 0 Å². The number of hydrazine groups is 1. The van der Waals surface area contributed by atoms with Crippen LogP contribution in [0.2, 0.25) is 0 Å². The molecule has 138 valence electrons. The normalized spacial score (nSPS) is 15.6. The summed E-state index contributed by atoms with van der Waals surface area (Å²) >= 11 is 0. The molecule has 8 heteroatoms. The molecular weight excluding hydrogens is 326 g/mol. The zero-order valence-electron chi connectivity index (χ0n) is 15.0. The first-order valence-corrected chi connectivity index (χ1v) is 8.29. The molecule has 0 unspecified atom stereocenters. The molecule has 1 aromatic rings. The predicted molar refractivity (Wildman–Crippen MR) is 89.6 cm³/mol. The van der Waals surface area contributed by atoms with Crippen LogP contribution in [0.1, 0.15) is 49.7 Å². The first-order chi connectivity index (χ1) is 11.7. The third-order valence-electron chi connectivity index (χ3n) is 3.92. The first kappa shape index (κ1) is 18.8. The lowest BCUT2D eigenvalue weighted by Crippen LogP contribution is -2.48. The molecule has 0 atom stereocenters. The van der Waals surface area contributed by atoms with Crippen molar-refractivity contribution in [1.29, 1.82) is 0 Å². The molecule has 8 nitrogen and oxygen atoms in total. The second-order valence-corrected chi connectivity index (χ2v) is 7.08. The SMILES string of the molecule is Cc1occc1C(=O)NNC(=O)C1CCN(C(=O)OC(C)(C)C)CC1. The third kappa shape index (κ3) is 5.23. The van der Waals surface area contributed by atoms with Crippen molar-refractivity contribution in [3.63, 3.8) is 0 Å². The van der Waals surface area contributed by atoms with Crippen LogP contribution >= 0.6 is 0 Å². The number of aryl methyl sites for hydroxylation is 1. The maximum Gasteiger partial charge on any atom is 0.410 e. The zero-order chi connectivity index (χ0) is 18.6. The van der Waals surface area contributed by atoms with Crippen molar-refractivity contribution < 1.29 is 23.5 Å². The molecule has 2 heterocycles. The number of carbonyl (C=O) groups excluding carboxylic acids is 3. The molecule has 0 aromatic carbocycles. The van der Waals surface area contributed by atoms with Crippen molar-refractivity contribution >= 4 is 17.9 Å². The fraction of sp³-hybridized carbons (Fsp3) is 0.588. The summed E-state index contributed by atoms with van der Waals surface area (Å²) in [4.78, 5) is 37.7. The summed E-state index contributed by atoms with van der Waals surface area (Å²) in [5.41, 5.74) is 4.65. The summed E-state index contributed by atoms with van der Waals surface area (Å²) in [6, 6.07) is 1.54. The van der Waals surface area contributed by atoms with E-state index < -0.39 is 11.5 Å². The standard InChI is InChI=1S/C17H25N3O5/c1-11-13(7-10-24-11)15(22)19-18-14(21)12-5-8-20(9-6-12)16(23)25-17(2,3)4/h7,10,12H,5-6,8-9H2,1-4H3,(H,18,21)(H,19,22). The number of hydrogen-bond acceptors (Lipinski definition) is 5. The fourth-order valence-corrected chi connectivity index (χ4v) is 2.56. The first-order valence-electron chi connectivity index (χ1n) is 8.29. The second-order valence-electron chi connectivity index (χ2n) is 7.08. The largest absolute Gasteiger partial charge is 0.469 e. The van der Waals surface area contributed by atoms with Gasteiger partial charge in [0.05, 0.1) is 11.8 Å². The second kappa shape index (κ2) is 7.58. The van der Waals surface area contributed by atoms with E-state index in [0.717, 1.165) is 0 Å². The van der Waals surface area contributed by atoms with E-state index in [1.54, 1.807) is 11.8 Å². The van der Waals surface area contributed by atoms with Gasteiger partial charge in [-0.3, -0.25) is 20.4 Å². The van der Waals surface area contributed by atoms with Crippen LogP contribution in [0.3, 0.4) is 0 Å². The van der Waals surface area contributed by atoms with Crippen LogP contribution in [0, 0.1) is 12.8 Å². The number of likely N-dealkylation sites (tertiary alicyclic amines) is 1. The summed E-state index contributed by atoms with van der Waals surface area (Å²) < 4.78 is 10.4. The van der Waals surface area contributed by atoms with Gasteiger partial charge >= 0.3 is 6.09 Å². The van der Waals surface area contributed by atoms with Crippen LogP contribution in [0.4, 0.5) is 4.79 Å². The summed E-state index contributed by atoms with van der Waals surface area (Å²) in [5, 5.41) is 0. The highest BCUT2D eigenvalue weighted by Gasteiger charge is 2.30. The Hall–Kier alpha value is -2.51. The molecule has 2 N–H and O–H groups in total. The lowest BCUT2D eigenvalue weighted by atomic mass is 9.96. The molecule has 1 aliphatic rings. The lowest BCUT2D eigenvalue weighted by Gasteiger charge is -2.32. The Morgan fingerprint density at radius 1 is 1.20 bits per heavy atom. The molecule has 2 rings (SSSR count). The fourth-order valence-electron chi connectivity index (χ4n) is 2.56. The molecule has 25 heavy (non-hydrogen) atoms. The van der Waals surface area contributed by atoms with Crippen molar-refractivity contribution in [2.45, 2.75) is 46.1 Å². The Balaban J connectivity index is 1.77. The van der Waals surface area contributed by atoms with E-state index in [9.17, 15) is 14.4 Å². The van der Waals surface area contributed by atoms with Crippen LogP contribution in [0.15, 0.2) is 16.7 Å². The minimum Gasteiger partial charge on any atom is -0.469 e. The third-order valence-corrected chi connectivity index (χ3v) is 3.92. The van der Waals surface area contributed by atoms with Gasteiger partial charge < -0.3 is 14.1 Å². The molecule has 1 aliphatic heterocycles. The molecule has 0 spiro atoms. The number of amides is 3. The Morgan fingerprint density at radius 3 is 2.36 bits per heavy atom. The average molecular weight is 351 g/mol. The molecule has 1 aromatic heterocycles. The highest BCUT2D eigenvalue weighted by Crippen LogP contribution is 2.19. The van der Waals surface area contributed by atoms with E-state index in [1.165, 1.54) is 12.3 Å². The van der Waals surface area contributed by atoms with Gasteiger partial charge in [-0.05, 0) is 46.6 Å². The van der Waals surface area contributed by atoms with Crippen molar-refractivity contribution in [3.05, 3.63) is 23.7 Å². The number of rotatable bonds is 2. The van der Waals surface area contributed by atoms with E-state index in [2.05, 4.69) is 10.9 Å². The van der Waals surface area contributed by atoms with Crippen molar-refractivity contribution in [3.8, 4) is 0 Å². The highest BCUT2D eigenvalue weighted by atomic mass is 16.6. The van der Waals surface area contributed by atoms with Gasteiger partial charge in [0.25, 0.3) is 5.91 Å². The topological polar surface area (TPSA) is 101 Å². The van der Waals surface area contributed by atoms with Crippen LogP contribution in [0.25, 0.3) is 0 Å². The summed E-state index contributed by atoms with van der Waals surface area (Å²) in [6.45, 7) is 8.01. The maximum atomic E-state index is 12.2. The predicted octanol–water partition coefficient (Wildman–Crippen LogP) is 2.00. The van der Waals surface area contributed by atoms with Gasteiger partial charge in [0.2, 0.25) is 5.91 Å². The van der Waals surface area contributed by atoms with Gasteiger partial charge in [-0.25, -0.2) is 4.79 Å². The molecule has 1 saturated heterocycles. The summed E-state index contributed by atoms with van der Waals surface area (Å²) in [5.74, 6) is -0.467. The van der Waals surface area contributed by atoms with E-state index in [0.29, 0.717) is 37.3 Å². The highest BCUT2D eigenvalue weighted by molar-refractivity contribution is 5.96. The zero-order valence-corrected chi connectivity index (χ0v) is 15.0. The minimum absolute atomic E-state index is 0.260. The Morgan fingerprint density at radius 2 is 1.84 bits per heavy atom. The molecule has 3 amide bonds. The molecule has 0 bridgehead atoms. The number of piperidine rings is 1. The number of nitrogens with one attached hydrogen (secondary N) is 2. The van der Waals surface area contributed by atoms with Gasteiger partial charge in [-0.1, -0.05) is 0 Å². The van der Waals surface area contributed by atoms with Crippen LogP contribution in [-0.4, -0.2) is 41.5 Å². The van der Waals surface area contributed by atoms with Gasteiger partial charge in [-0.2, -0.15) is 0 Å². The molecule has 0 radical (unpaired) electrons. The lowest BCUT2D eigenvalue weighted by molar-refractivity contribution is -0.127. The van der Waals surface area contributed by atoms with Crippen molar-refractivity contribution in [2.75, 3.05) is 13.1 Å². The van der Waals surface area contributed by atoms with E-state index in [4.69, 9.17) is 9.15 Å². The van der Waals surface area contributed by atoms with E-state index in [1.807, 2.05) is 20.8 Å². The molecule has 0 saturated carbocycles. The smallest absolute Gasteiger partial charge is 0.410 e. The Kier molecular flexibility index (Phi) is 5.71. The maximum absolute atomic E-state index is 12.2. The van der Waals surface area contributed by atoms with Crippen LogP contribution < -0.4 is 10.9 Å². The number of carbonyl (C=O) groups is 3. The van der Waals surface area contributed by atoms with Crippen molar-refractivity contribution in [2.24, 2.45) is 5.92 Å². The van der Waals surface area contributed by atoms with Gasteiger partial charge in [0.15, 0.2) is 0 Å². The average Bonchev–Trinajstić information content (AvgIpc) is 2.97. The molecule has 1 fully saturated rings. The number of hydrogen-bond donors (Lipinski definition) is 2. The van der Waals surface area contributed by atoms with Gasteiger partial charge in [-0.15, -0.1) is 0 Å². The summed E-state index contributed by atoms with van der Waals surface area (Å²) in [6.07, 6.45) is 2.09. The summed E-state index contributed by atoms with van der Waals surface area (Å²) in [7, 11) is 0. The van der Waals surface area contributed by atoms with Gasteiger partial charge in [0, 0.05) is 19.0 Å². The van der Waals surface area contributed by atoms with Crippen LogP contribution in [0.5, 0.6) is 0 Å². The Labute approximate surface area is 146 Å². The van der Waals surface area contributed by atoms with E-state index in [-0.39, 0.29) is 17.9 Å². The number of nitrogens with zero attached hydrogens (tertiary/aromatic N) is 1. The number of furan rings is 1. The molecule has 0 aliphatic carbocycles. The monoisotopic (exact) mass is 351 g/mol. The quantitative estimate of drug-likeness (QED) is 0.794. The van der Waals surface area contributed by atoms with Crippen molar-refractivity contribution in [1.82, 2.24) is 15.8 Å². The Bertz CT molecular complexity index is 639. The minimum atomic E-state index is -0.541. The van der Waals surface area contributed by atoms with Crippen LogP contribution in [-0.2, 0) is 9.53 Å².